The molecule has 2 atom stereocenters. The van der Waals surface area contributed by atoms with Gasteiger partial charge in [-0.1, -0.05) is 12.1 Å². The number of benzene rings is 1. The van der Waals surface area contributed by atoms with Crippen molar-refractivity contribution in [2.45, 2.75) is 31.6 Å². The molecule has 3 rings (SSSR count). The molecule has 2 aromatic rings. The molecule has 0 aliphatic carbocycles. The molecule has 0 unspecified atom stereocenters. The lowest BCUT2D eigenvalue weighted by atomic mass is 10.1. The minimum atomic E-state index is -0.414. The first-order chi connectivity index (χ1) is 12.7. The molecule has 1 aromatic carbocycles. The predicted octanol–water partition coefficient (Wildman–Crippen LogP) is 1.46. The summed E-state index contributed by atoms with van der Waals surface area (Å²) in [5.74, 6) is -0.308. The number of carbonyl (C=O) groups is 2. The van der Waals surface area contributed by atoms with Gasteiger partial charge >= 0.3 is 0 Å². The molecule has 2 amide bonds. The summed E-state index contributed by atoms with van der Waals surface area (Å²) >= 11 is 0. The van der Waals surface area contributed by atoms with Crippen molar-refractivity contribution in [1.82, 2.24) is 10.3 Å². The van der Waals surface area contributed by atoms with Crippen LogP contribution < -0.4 is 16.4 Å². The fourth-order valence-electron chi connectivity index (χ4n) is 2.79. The zero-order chi connectivity index (χ0) is 18.4. The average Bonchev–Trinajstić information content (AvgIpc) is 3.17. The molecule has 7 nitrogen and oxygen atoms in total. The van der Waals surface area contributed by atoms with E-state index in [1.54, 1.807) is 36.7 Å². The van der Waals surface area contributed by atoms with Gasteiger partial charge in [0, 0.05) is 36.7 Å². The molecule has 1 aliphatic rings. The fourth-order valence-corrected chi connectivity index (χ4v) is 2.79. The van der Waals surface area contributed by atoms with Gasteiger partial charge in [0.25, 0.3) is 5.91 Å². The van der Waals surface area contributed by atoms with Crippen LogP contribution in [0.15, 0.2) is 48.8 Å². The smallest absolute Gasteiger partial charge is 0.255 e. The first-order valence-electron chi connectivity index (χ1n) is 8.59. The summed E-state index contributed by atoms with van der Waals surface area (Å²) in [4.78, 5) is 28.1. The molecule has 1 fully saturated rings. The Morgan fingerprint density at radius 3 is 2.50 bits per heavy atom. The number of hydrogen-bond donors (Lipinski definition) is 3. The van der Waals surface area contributed by atoms with Gasteiger partial charge in [-0.15, -0.1) is 0 Å². The quantitative estimate of drug-likeness (QED) is 0.728. The van der Waals surface area contributed by atoms with E-state index in [1.807, 2.05) is 12.1 Å². The minimum absolute atomic E-state index is 0.0194. The van der Waals surface area contributed by atoms with Crippen molar-refractivity contribution in [2.24, 2.45) is 5.73 Å². The van der Waals surface area contributed by atoms with Gasteiger partial charge in [0.15, 0.2) is 0 Å². The summed E-state index contributed by atoms with van der Waals surface area (Å²) in [5.41, 5.74) is 7.73. The Kier molecular flexibility index (Phi) is 5.93. The standard InChI is InChI=1S/C19H22N4O3/c20-11-16-5-6-17(26-16)19(25)22-12-13-1-3-15(4-2-13)23-18(24)14-7-9-21-10-8-14/h1-4,7-10,16-17H,5-6,11-12,20H2,(H,22,25)(H,23,24)/t16-,17+/m1/s1. The molecule has 4 N–H and O–H groups in total. The number of nitrogens with one attached hydrogen (secondary N) is 2. The van der Waals surface area contributed by atoms with Crippen molar-refractivity contribution in [2.75, 3.05) is 11.9 Å². The normalized spacial score (nSPS) is 19.1. The lowest BCUT2D eigenvalue weighted by molar-refractivity contribution is -0.132. The van der Waals surface area contributed by atoms with Crippen LogP contribution in [0.2, 0.25) is 0 Å². The van der Waals surface area contributed by atoms with E-state index >= 15 is 0 Å². The second-order valence-electron chi connectivity index (χ2n) is 6.16. The molecule has 2 heterocycles. The molecule has 0 bridgehead atoms. The highest BCUT2D eigenvalue weighted by molar-refractivity contribution is 6.04. The second-order valence-corrected chi connectivity index (χ2v) is 6.16. The molecule has 0 radical (unpaired) electrons. The van der Waals surface area contributed by atoms with Gasteiger partial charge in [0.05, 0.1) is 6.10 Å². The third-order valence-corrected chi connectivity index (χ3v) is 4.28. The molecule has 0 spiro atoms. The molecule has 136 valence electrons. The van der Waals surface area contributed by atoms with Crippen molar-refractivity contribution >= 4 is 17.5 Å². The summed E-state index contributed by atoms with van der Waals surface area (Å²) in [6, 6.07) is 10.6. The van der Waals surface area contributed by atoms with E-state index in [2.05, 4.69) is 15.6 Å². The number of carbonyl (C=O) groups excluding carboxylic acids is 2. The van der Waals surface area contributed by atoms with E-state index < -0.39 is 6.10 Å². The van der Waals surface area contributed by atoms with E-state index in [0.717, 1.165) is 12.0 Å². The van der Waals surface area contributed by atoms with Gasteiger partial charge in [-0.2, -0.15) is 0 Å². The maximum atomic E-state index is 12.1. The number of nitrogens with zero attached hydrogens (tertiary/aromatic N) is 1. The molecule has 7 heteroatoms. The maximum Gasteiger partial charge on any atom is 0.255 e. The number of ether oxygens (including phenoxy) is 1. The summed E-state index contributed by atoms with van der Waals surface area (Å²) in [5, 5.41) is 5.69. The summed E-state index contributed by atoms with van der Waals surface area (Å²) in [6.45, 7) is 0.848. The average molecular weight is 354 g/mol. The molecular formula is C19H22N4O3. The highest BCUT2D eigenvalue weighted by Crippen LogP contribution is 2.19. The third-order valence-electron chi connectivity index (χ3n) is 4.28. The number of aromatic nitrogens is 1. The van der Waals surface area contributed by atoms with Crippen LogP contribution in [0.1, 0.15) is 28.8 Å². The Morgan fingerprint density at radius 1 is 1.12 bits per heavy atom. The Labute approximate surface area is 151 Å². The molecule has 0 saturated carbocycles. The Balaban J connectivity index is 1.49. The van der Waals surface area contributed by atoms with Crippen molar-refractivity contribution in [1.29, 1.82) is 0 Å². The SMILES string of the molecule is NC[C@H]1CC[C@@H](C(=O)NCc2ccc(NC(=O)c3ccncc3)cc2)O1. The van der Waals surface area contributed by atoms with Gasteiger partial charge in [0.1, 0.15) is 6.10 Å². The zero-order valence-electron chi connectivity index (χ0n) is 14.4. The predicted molar refractivity (Wildman–Crippen MR) is 97.4 cm³/mol. The van der Waals surface area contributed by atoms with Gasteiger partial charge in [-0.05, 0) is 42.7 Å². The third kappa shape index (κ3) is 4.65. The summed E-state index contributed by atoms with van der Waals surface area (Å²) in [6.07, 6.45) is 4.24. The highest BCUT2D eigenvalue weighted by Gasteiger charge is 2.29. The maximum absolute atomic E-state index is 12.1. The van der Waals surface area contributed by atoms with E-state index in [-0.39, 0.29) is 17.9 Å². The second kappa shape index (κ2) is 8.55. The molecule has 26 heavy (non-hydrogen) atoms. The van der Waals surface area contributed by atoms with E-state index in [4.69, 9.17) is 10.5 Å². The topological polar surface area (TPSA) is 106 Å². The van der Waals surface area contributed by atoms with Gasteiger partial charge in [0.2, 0.25) is 5.91 Å². The number of amides is 2. The fraction of sp³-hybridized carbons (Fsp3) is 0.316. The number of nitrogens with two attached hydrogens (primary N) is 1. The van der Waals surface area contributed by atoms with Crippen molar-refractivity contribution in [3.63, 3.8) is 0 Å². The van der Waals surface area contributed by atoms with Gasteiger partial charge < -0.3 is 21.1 Å². The lowest BCUT2D eigenvalue weighted by Crippen LogP contribution is -2.35. The van der Waals surface area contributed by atoms with Crippen molar-refractivity contribution in [3.05, 3.63) is 59.9 Å². The van der Waals surface area contributed by atoms with Crippen LogP contribution in [0.3, 0.4) is 0 Å². The minimum Gasteiger partial charge on any atom is -0.364 e. The molecular weight excluding hydrogens is 332 g/mol. The number of pyridine rings is 1. The Hall–Kier alpha value is -2.77. The first-order valence-corrected chi connectivity index (χ1v) is 8.59. The van der Waals surface area contributed by atoms with E-state index in [0.29, 0.717) is 30.8 Å². The number of anilines is 1. The van der Waals surface area contributed by atoms with E-state index in [9.17, 15) is 9.59 Å². The van der Waals surface area contributed by atoms with E-state index in [1.165, 1.54) is 0 Å². The number of rotatable bonds is 6. The van der Waals surface area contributed by atoms with Crippen LogP contribution in [-0.4, -0.2) is 35.6 Å². The van der Waals surface area contributed by atoms with Gasteiger partial charge in [-0.25, -0.2) is 0 Å². The van der Waals surface area contributed by atoms with Crippen LogP contribution in [0.5, 0.6) is 0 Å². The highest BCUT2D eigenvalue weighted by atomic mass is 16.5. The van der Waals surface area contributed by atoms with Crippen LogP contribution in [0.25, 0.3) is 0 Å². The summed E-state index contributed by atoms with van der Waals surface area (Å²) < 4.78 is 5.58. The van der Waals surface area contributed by atoms with Crippen molar-refractivity contribution < 1.29 is 14.3 Å². The molecule has 1 aromatic heterocycles. The molecule has 1 aliphatic heterocycles. The van der Waals surface area contributed by atoms with Gasteiger partial charge in [-0.3, -0.25) is 14.6 Å². The van der Waals surface area contributed by atoms with Crippen LogP contribution in [0, 0.1) is 0 Å². The molecule has 1 saturated heterocycles. The van der Waals surface area contributed by atoms with Crippen LogP contribution in [0.4, 0.5) is 5.69 Å². The van der Waals surface area contributed by atoms with Crippen LogP contribution >= 0.6 is 0 Å². The first kappa shape index (κ1) is 18.0. The lowest BCUT2D eigenvalue weighted by Gasteiger charge is -2.13. The van der Waals surface area contributed by atoms with Crippen LogP contribution in [-0.2, 0) is 16.1 Å². The van der Waals surface area contributed by atoms with Crippen molar-refractivity contribution in [3.8, 4) is 0 Å². The Morgan fingerprint density at radius 2 is 1.85 bits per heavy atom. The monoisotopic (exact) mass is 354 g/mol. The number of hydrogen-bond acceptors (Lipinski definition) is 5. The Bertz CT molecular complexity index is 749. The zero-order valence-corrected chi connectivity index (χ0v) is 14.4. The summed E-state index contributed by atoms with van der Waals surface area (Å²) in [7, 11) is 0. The largest absolute Gasteiger partial charge is 0.364 e.